The Bertz CT molecular complexity index is 283. The maximum Gasteiger partial charge on any atom is 0.237 e. The quantitative estimate of drug-likeness (QED) is 0.692. The molecule has 0 aliphatic carbocycles. The monoisotopic (exact) mass is 286 g/mol. The zero-order valence-corrected chi connectivity index (χ0v) is 13.1. The molecule has 0 bridgehead atoms. The molecule has 20 heavy (non-hydrogen) atoms. The lowest BCUT2D eigenvalue weighted by atomic mass is 9.87. The van der Waals surface area contributed by atoms with Gasteiger partial charge in [0.05, 0.1) is 6.04 Å². The van der Waals surface area contributed by atoms with E-state index in [1.54, 1.807) is 0 Å². The van der Waals surface area contributed by atoms with Crippen LogP contribution >= 0.6 is 0 Å². The van der Waals surface area contributed by atoms with Crippen LogP contribution in [0, 0.1) is 11.3 Å². The maximum absolute atomic E-state index is 11.8. The highest BCUT2D eigenvalue weighted by Crippen LogP contribution is 2.17. The summed E-state index contributed by atoms with van der Waals surface area (Å²) in [6, 6.07) is -0.467. The molecule has 0 aromatic heterocycles. The van der Waals surface area contributed by atoms with Gasteiger partial charge < -0.3 is 20.5 Å². The third-order valence-corrected chi connectivity index (χ3v) is 3.67. The minimum atomic E-state index is -0.467. The fraction of sp³-hybridized carbons (Fsp3) is 0.933. The van der Waals surface area contributed by atoms with Gasteiger partial charge in [0.2, 0.25) is 5.91 Å². The van der Waals surface area contributed by atoms with Crippen LogP contribution in [0.2, 0.25) is 0 Å². The highest BCUT2D eigenvalue weighted by molar-refractivity contribution is 5.82. The molecule has 1 aliphatic rings. The molecule has 1 amide bonds. The lowest BCUT2D eigenvalue weighted by Gasteiger charge is -2.25. The molecular weight excluding hydrogens is 256 g/mol. The van der Waals surface area contributed by atoms with E-state index in [-0.39, 0.29) is 11.3 Å². The summed E-state index contributed by atoms with van der Waals surface area (Å²) in [5, 5.41) is 2.86. The summed E-state index contributed by atoms with van der Waals surface area (Å²) in [6.07, 6.45) is 3.01. The molecule has 0 radical (unpaired) electrons. The molecule has 1 aliphatic heterocycles. The molecule has 5 nitrogen and oxygen atoms in total. The second kappa shape index (κ2) is 8.60. The van der Waals surface area contributed by atoms with E-state index < -0.39 is 6.04 Å². The third-order valence-electron chi connectivity index (χ3n) is 3.67. The molecule has 1 rings (SSSR count). The van der Waals surface area contributed by atoms with Crippen LogP contribution < -0.4 is 11.1 Å². The summed E-state index contributed by atoms with van der Waals surface area (Å²) in [6.45, 7) is 9.72. The largest absolute Gasteiger partial charge is 0.381 e. The summed E-state index contributed by atoms with van der Waals surface area (Å²) in [5.41, 5.74) is 5.67. The van der Waals surface area contributed by atoms with E-state index in [0.717, 1.165) is 39.1 Å². The first-order chi connectivity index (χ1) is 9.41. The second-order valence-corrected chi connectivity index (χ2v) is 6.62. The summed E-state index contributed by atoms with van der Waals surface area (Å²) in [5.74, 6) is 0.551. The third kappa shape index (κ3) is 6.68. The van der Waals surface area contributed by atoms with Gasteiger partial charge in [-0.2, -0.15) is 0 Å². The maximum atomic E-state index is 11.8. The van der Waals surface area contributed by atoms with Gasteiger partial charge in [0, 0.05) is 33.0 Å². The normalized spacial score (nSPS) is 18.8. The first-order valence-corrected chi connectivity index (χ1v) is 7.60. The molecule has 0 unspecified atom stereocenters. The van der Waals surface area contributed by atoms with Gasteiger partial charge in [-0.05, 0) is 30.6 Å². The van der Waals surface area contributed by atoms with Crippen molar-refractivity contribution in [3.63, 3.8) is 0 Å². The topological polar surface area (TPSA) is 73.6 Å². The van der Waals surface area contributed by atoms with Gasteiger partial charge >= 0.3 is 0 Å². The van der Waals surface area contributed by atoms with E-state index in [2.05, 4.69) is 5.32 Å². The van der Waals surface area contributed by atoms with Crippen molar-refractivity contribution >= 4 is 5.91 Å². The highest BCUT2D eigenvalue weighted by atomic mass is 16.5. The fourth-order valence-corrected chi connectivity index (χ4v) is 2.05. The number of rotatable bonds is 7. The van der Waals surface area contributed by atoms with E-state index in [4.69, 9.17) is 15.2 Å². The van der Waals surface area contributed by atoms with Crippen molar-refractivity contribution < 1.29 is 14.3 Å². The van der Waals surface area contributed by atoms with Crippen LogP contribution in [0.15, 0.2) is 0 Å². The van der Waals surface area contributed by atoms with Crippen molar-refractivity contribution in [1.29, 1.82) is 0 Å². The van der Waals surface area contributed by atoms with Gasteiger partial charge in [0.1, 0.15) is 0 Å². The predicted molar refractivity (Wildman–Crippen MR) is 79.4 cm³/mol. The Kier molecular flexibility index (Phi) is 7.48. The predicted octanol–water partition coefficient (Wildman–Crippen LogP) is 1.31. The molecule has 118 valence electrons. The van der Waals surface area contributed by atoms with Crippen LogP contribution in [0.1, 0.15) is 40.0 Å². The molecule has 1 saturated heterocycles. The Morgan fingerprint density at radius 3 is 2.65 bits per heavy atom. The van der Waals surface area contributed by atoms with Gasteiger partial charge in [-0.1, -0.05) is 20.8 Å². The molecule has 0 aromatic carbocycles. The SMILES string of the molecule is CC(C)(C)[C@H](N)C(=O)NCCCOCC1CCOCC1. The molecular formula is C15H30N2O3. The smallest absolute Gasteiger partial charge is 0.237 e. The van der Waals surface area contributed by atoms with Crippen molar-refractivity contribution in [3.8, 4) is 0 Å². The van der Waals surface area contributed by atoms with E-state index in [9.17, 15) is 4.79 Å². The second-order valence-electron chi connectivity index (χ2n) is 6.62. The van der Waals surface area contributed by atoms with Crippen molar-refractivity contribution in [2.75, 3.05) is 33.0 Å². The molecule has 0 saturated carbocycles. The zero-order chi connectivity index (χ0) is 15.0. The van der Waals surface area contributed by atoms with Crippen LogP contribution in [0.3, 0.4) is 0 Å². The number of nitrogens with one attached hydrogen (secondary N) is 1. The summed E-state index contributed by atoms with van der Waals surface area (Å²) >= 11 is 0. The number of hydrogen-bond acceptors (Lipinski definition) is 4. The zero-order valence-electron chi connectivity index (χ0n) is 13.1. The van der Waals surface area contributed by atoms with Crippen LogP contribution in [0.25, 0.3) is 0 Å². The number of carbonyl (C=O) groups is 1. The Balaban J connectivity index is 2.00. The Hall–Kier alpha value is -0.650. The number of hydrogen-bond donors (Lipinski definition) is 2. The average Bonchev–Trinajstić information content (AvgIpc) is 2.41. The number of amides is 1. The van der Waals surface area contributed by atoms with Crippen molar-refractivity contribution in [1.82, 2.24) is 5.32 Å². The number of nitrogens with two attached hydrogens (primary N) is 1. The summed E-state index contributed by atoms with van der Waals surface area (Å²) in [4.78, 5) is 11.8. The van der Waals surface area contributed by atoms with Gasteiger partial charge in [0.25, 0.3) is 0 Å². The summed E-state index contributed by atoms with van der Waals surface area (Å²) < 4.78 is 11.0. The van der Waals surface area contributed by atoms with Crippen LogP contribution in [-0.2, 0) is 14.3 Å². The first kappa shape index (κ1) is 17.4. The van der Waals surface area contributed by atoms with Gasteiger partial charge in [0.15, 0.2) is 0 Å². The number of carbonyl (C=O) groups excluding carboxylic acids is 1. The lowest BCUT2D eigenvalue weighted by molar-refractivity contribution is -0.124. The Morgan fingerprint density at radius 1 is 1.40 bits per heavy atom. The lowest BCUT2D eigenvalue weighted by Crippen LogP contribution is -2.48. The molecule has 0 spiro atoms. The molecule has 1 atom stereocenters. The molecule has 3 N–H and O–H groups in total. The van der Waals surface area contributed by atoms with Crippen LogP contribution in [-0.4, -0.2) is 44.9 Å². The van der Waals surface area contributed by atoms with Crippen LogP contribution in [0.5, 0.6) is 0 Å². The van der Waals surface area contributed by atoms with Crippen molar-refractivity contribution in [2.45, 2.75) is 46.1 Å². The molecule has 0 aromatic rings. The Labute approximate surface area is 122 Å². The van der Waals surface area contributed by atoms with Crippen molar-refractivity contribution in [3.05, 3.63) is 0 Å². The van der Waals surface area contributed by atoms with E-state index in [1.807, 2.05) is 20.8 Å². The molecule has 1 heterocycles. The van der Waals surface area contributed by atoms with E-state index in [0.29, 0.717) is 19.1 Å². The first-order valence-electron chi connectivity index (χ1n) is 7.60. The minimum Gasteiger partial charge on any atom is -0.381 e. The van der Waals surface area contributed by atoms with Gasteiger partial charge in [-0.3, -0.25) is 4.79 Å². The molecule has 1 fully saturated rings. The standard InChI is InChI=1S/C15H30N2O3/c1-15(2,3)13(16)14(18)17-7-4-8-20-11-12-5-9-19-10-6-12/h12-13H,4-11,16H2,1-3H3,(H,17,18)/t13-/m1/s1. The van der Waals surface area contributed by atoms with Crippen LogP contribution in [0.4, 0.5) is 0 Å². The van der Waals surface area contributed by atoms with Crippen molar-refractivity contribution in [2.24, 2.45) is 17.1 Å². The Morgan fingerprint density at radius 2 is 2.05 bits per heavy atom. The van der Waals surface area contributed by atoms with Gasteiger partial charge in [-0.25, -0.2) is 0 Å². The van der Waals surface area contributed by atoms with E-state index >= 15 is 0 Å². The fourth-order valence-electron chi connectivity index (χ4n) is 2.05. The average molecular weight is 286 g/mol. The van der Waals surface area contributed by atoms with E-state index in [1.165, 1.54) is 0 Å². The van der Waals surface area contributed by atoms with Gasteiger partial charge in [-0.15, -0.1) is 0 Å². The highest BCUT2D eigenvalue weighted by Gasteiger charge is 2.26. The number of ether oxygens (including phenoxy) is 2. The minimum absolute atomic E-state index is 0.0815. The summed E-state index contributed by atoms with van der Waals surface area (Å²) in [7, 11) is 0. The molecule has 5 heteroatoms.